The number of benzene rings is 1. The molecule has 1 aliphatic carbocycles. The van der Waals surface area contributed by atoms with Crippen molar-refractivity contribution >= 4 is 0 Å². The molecule has 1 saturated heterocycles. The molecule has 2 aliphatic rings. The molecular weight excluding hydrogens is 310 g/mol. The fourth-order valence-electron chi connectivity index (χ4n) is 4.18. The van der Waals surface area contributed by atoms with Gasteiger partial charge in [-0.3, -0.25) is 9.88 Å². The Bertz CT molecular complexity index is 697. The first-order valence-electron chi connectivity index (χ1n) is 9.39. The third-order valence-electron chi connectivity index (χ3n) is 5.71. The number of nitrogens with zero attached hydrogens (tertiary/aromatic N) is 2. The lowest BCUT2D eigenvalue weighted by Gasteiger charge is -2.34. The average molecular weight is 337 g/mol. The van der Waals surface area contributed by atoms with Crippen LogP contribution in [0.5, 0.6) is 0 Å². The van der Waals surface area contributed by atoms with E-state index in [4.69, 9.17) is 0 Å². The summed E-state index contributed by atoms with van der Waals surface area (Å²) < 4.78 is 0. The van der Waals surface area contributed by atoms with Crippen molar-refractivity contribution in [2.45, 2.75) is 43.9 Å². The molecule has 4 rings (SSSR count). The molecule has 1 aromatic heterocycles. The van der Waals surface area contributed by atoms with Crippen LogP contribution in [0.2, 0.25) is 0 Å². The van der Waals surface area contributed by atoms with Gasteiger partial charge in [-0.1, -0.05) is 30.3 Å². The molecule has 0 radical (unpaired) electrons. The Morgan fingerprint density at radius 1 is 1.12 bits per heavy atom. The molecule has 0 saturated carbocycles. The van der Waals surface area contributed by atoms with Crippen molar-refractivity contribution < 1.29 is 5.11 Å². The number of nitrogens with one attached hydrogen (secondary N) is 1. The van der Waals surface area contributed by atoms with Gasteiger partial charge in [0.25, 0.3) is 0 Å². The van der Waals surface area contributed by atoms with Crippen LogP contribution in [0, 0.1) is 0 Å². The summed E-state index contributed by atoms with van der Waals surface area (Å²) in [5, 5.41) is 14.7. The summed E-state index contributed by atoms with van der Waals surface area (Å²) in [6.07, 6.45) is 5.94. The van der Waals surface area contributed by atoms with E-state index in [-0.39, 0.29) is 0 Å². The van der Waals surface area contributed by atoms with Crippen LogP contribution in [0.4, 0.5) is 0 Å². The van der Waals surface area contributed by atoms with E-state index in [2.05, 4.69) is 45.5 Å². The number of pyridine rings is 1. The number of fused-ring (bicyclic) bond motifs is 1. The number of piperidine rings is 1. The molecule has 132 valence electrons. The highest BCUT2D eigenvalue weighted by molar-refractivity contribution is 5.37. The van der Waals surface area contributed by atoms with E-state index >= 15 is 0 Å². The zero-order valence-electron chi connectivity index (χ0n) is 14.7. The first-order valence-corrected chi connectivity index (χ1v) is 9.39. The van der Waals surface area contributed by atoms with Crippen molar-refractivity contribution in [3.8, 4) is 0 Å². The van der Waals surface area contributed by atoms with Gasteiger partial charge in [0.05, 0.1) is 5.69 Å². The minimum absolute atomic E-state index is 0.497. The van der Waals surface area contributed by atoms with Gasteiger partial charge in [0.1, 0.15) is 5.60 Å². The maximum atomic E-state index is 11.0. The lowest BCUT2D eigenvalue weighted by Crippen LogP contribution is -2.46. The van der Waals surface area contributed by atoms with E-state index < -0.39 is 5.60 Å². The van der Waals surface area contributed by atoms with Crippen LogP contribution in [0.25, 0.3) is 0 Å². The van der Waals surface area contributed by atoms with Gasteiger partial charge in [-0.15, -0.1) is 0 Å². The Morgan fingerprint density at radius 2 is 1.92 bits per heavy atom. The fourth-order valence-corrected chi connectivity index (χ4v) is 4.18. The van der Waals surface area contributed by atoms with Gasteiger partial charge in [0.15, 0.2) is 0 Å². The van der Waals surface area contributed by atoms with Crippen LogP contribution in [-0.4, -0.2) is 40.7 Å². The third-order valence-corrected chi connectivity index (χ3v) is 5.71. The van der Waals surface area contributed by atoms with E-state index in [9.17, 15) is 5.11 Å². The molecule has 1 unspecified atom stereocenters. The van der Waals surface area contributed by atoms with Crippen LogP contribution in [0.15, 0.2) is 48.7 Å². The SMILES string of the molecule is OC1(CNC2CCN(Cc3ccccn3)CC2)CCc2ccccc21. The number of aryl methyl sites for hydroxylation is 1. The molecule has 25 heavy (non-hydrogen) atoms. The van der Waals surface area contributed by atoms with E-state index in [0.29, 0.717) is 12.6 Å². The van der Waals surface area contributed by atoms with Crippen molar-refractivity contribution in [3.63, 3.8) is 0 Å². The topological polar surface area (TPSA) is 48.4 Å². The molecule has 2 N–H and O–H groups in total. The fraction of sp³-hybridized carbons (Fsp3) is 0.476. The number of hydrogen-bond donors (Lipinski definition) is 2. The summed E-state index contributed by atoms with van der Waals surface area (Å²) >= 11 is 0. The molecule has 2 aromatic rings. The van der Waals surface area contributed by atoms with Crippen molar-refractivity contribution in [1.82, 2.24) is 15.2 Å². The minimum Gasteiger partial charge on any atom is -0.384 e. The van der Waals surface area contributed by atoms with Crippen LogP contribution in [-0.2, 0) is 18.6 Å². The molecule has 1 fully saturated rings. The van der Waals surface area contributed by atoms with Crippen LogP contribution < -0.4 is 5.32 Å². The largest absolute Gasteiger partial charge is 0.384 e. The Labute approximate surface area is 149 Å². The molecule has 1 aliphatic heterocycles. The first kappa shape index (κ1) is 16.7. The van der Waals surface area contributed by atoms with E-state index in [0.717, 1.165) is 56.6 Å². The monoisotopic (exact) mass is 337 g/mol. The standard InChI is InChI=1S/C21H27N3O/c25-21(11-8-17-5-1-2-7-20(17)21)16-23-18-9-13-24(14-10-18)15-19-6-3-4-12-22-19/h1-7,12,18,23,25H,8-11,13-16H2. The van der Waals surface area contributed by atoms with Crippen LogP contribution >= 0.6 is 0 Å². The van der Waals surface area contributed by atoms with Gasteiger partial charge < -0.3 is 10.4 Å². The second-order valence-corrected chi connectivity index (χ2v) is 7.44. The van der Waals surface area contributed by atoms with E-state index in [1.54, 1.807) is 0 Å². The van der Waals surface area contributed by atoms with Gasteiger partial charge >= 0.3 is 0 Å². The predicted molar refractivity (Wildman–Crippen MR) is 99.2 cm³/mol. The van der Waals surface area contributed by atoms with Gasteiger partial charge in [-0.2, -0.15) is 0 Å². The van der Waals surface area contributed by atoms with Crippen molar-refractivity contribution in [3.05, 3.63) is 65.5 Å². The zero-order chi connectivity index (χ0) is 17.1. The van der Waals surface area contributed by atoms with E-state index in [1.165, 1.54) is 5.56 Å². The van der Waals surface area contributed by atoms with Gasteiger partial charge in [0.2, 0.25) is 0 Å². The summed E-state index contributed by atoms with van der Waals surface area (Å²) in [5.74, 6) is 0. The van der Waals surface area contributed by atoms with Gasteiger partial charge in [0, 0.05) is 38.4 Å². The highest BCUT2D eigenvalue weighted by atomic mass is 16.3. The number of aliphatic hydroxyl groups is 1. The number of likely N-dealkylation sites (tertiary alicyclic amines) is 1. The highest BCUT2D eigenvalue weighted by Gasteiger charge is 2.36. The summed E-state index contributed by atoms with van der Waals surface area (Å²) in [4.78, 5) is 6.89. The Morgan fingerprint density at radius 3 is 2.72 bits per heavy atom. The second kappa shape index (κ2) is 7.24. The smallest absolute Gasteiger partial charge is 0.103 e. The average Bonchev–Trinajstić information content (AvgIpc) is 3.00. The number of aromatic nitrogens is 1. The van der Waals surface area contributed by atoms with Crippen LogP contribution in [0.3, 0.4) is 0 Å². The van der Waals surface area contributed by atoms with Crippen molar-refractivity contribution in [2.24, 2.45) is 0 Å². The molecule has 4 nitrogen and oxygen atoms in total. The Balaban J connectivity index is 1.27. The normalized spacial score (nSPS) is 24.4. The first-order chi connectivity index (χ1) is 12.2. The molecule has 1 atom stereocenters. The lowest BCUT2D eigenvalue weighted by molar-refractivity contribution is 0.0327. The molecule has 2 heterocycles. The highest BCUT2D eigenvalue weighted by Crippen LogP contribution is 2.36. The Kier molecular flexibility index (Phi) is 4.84. The zero-order valence-corrected chi connectivity index (χ0v) is 14.7. The van der Waals surface area contributed by atoms with E-state index in [1.807, 2.05) is 18.3 Å². The maximum Gasteiger partial charge on any atom is 0.103 e. The van der Waals surface area contributed by atoms with Gasteiger partial charge in [-0.05, 0) is 48.9 Å². The van der Waals surface area contributed by atoms with Crippen molar-refractivity contribution in [2.75, 3.05) is 19.6 Å². The maximum absolute atomic E-state index is 11.0. The summed E-state index contributed by atoms with van der Waals surface area (Å²) in [6, 6.07) is 14.9. The molecule has 0 amide bonds. The predicted octanol–water partition coefficient (Wildman–Crippen LogP) is 2.47. The minimum atomic E-state index is -0.693. The van der Waals surface area contributed by atoms with Crippen molar-refractivity contribution in [1.29, 1.82) is 0 Å². The summed E-state index contributed by atoms with van der Waals surface area (Å²) in [5.41, 5.74) is 2.87. The molecule has 1 aromatic carbocycles. The number of rotatable bonds is 5. The summed E-state index contributed by atoms with van der Waals surface area (Å²) in [6.45, 7) is 3.77. The quantitative estimate of drug-likeness (QED) is 0.880. The summed E-state index contributed by atoms with van der Waals surface area (Å²) in [7, 11) is 0. The number of hydrogen-bond acceptors (Lipinski definition) is 4. The molecule has 4 heteroatoms. The molecule has 0 bridgehead atoms. The van der Waals surface area contributed by atoms with Crippen LogP contribution in [0.1, 0.15) is 36.1 Å². The molecule has 0 spiro atoms. The Hall–Kier alpha value is -1.75. The molecular formula is C21H27N3O. The lowest BCUT2D eigenvalue weighted by atomic mass is 9.94. The van der Waals surface area contributed by atoms with Gasteiger partial charge in [-0.25, -0.2) is 0 Å². The second-order valence-electron chi connectivity index (χ2n) is 7.44. The third kappa shape index (κ3) is 3.76.